The number of halogens is 1. The molecule has 2 aromatic carbocycles. The van der Waals surface area contributed by atoms with Gasteiger partial charge in [-0.3, -0.25) is 9.69 Å². The summed E-state index contributed by atoms with van der Waals surface area (Å²) in [6, 6.07) is 16.8. The van der Waals surface area contributed by atoms with Gasteiger partial charge < -0.3 is 13.9 Å². The maximum absolute atomic E-state index is 13.2. The number of methoxy groups -OCH3 is 2. The summed E-state index contributed by atoms with van der Waals surface area (Å²) in [6.07, 6.45) is 5.01. The van der Waals surface area contributed by atoms with Gasteiger partial charge in [-0.1, -0.05) is 34.1 Å². The number of ether oxygens (including phenoxy) is 2. The van der Waals surface area contributed by atoms with Crippen molar-refractivity contribution in [3.63, 3.8) is 0 Å². The highest BCUT2D eigenvalue weighted by Gasteiger charge is 2.34. The fourth-order valence-electron chi connectivity index (χ4n) is 3.11. The normalized spacial score (nSPS) is 16.3. The van der Waals surface area contributed by atoms with Gasteiger partial charge in [0.15, 0.2) is 16.7 Å². The van der Waals surface area contributed by atoms with Crippen molar-refractivity contribution in [2.75, 3.05) is 14.2 Å². The Morgan fingerprint density at radius 2 is 1.91 bits per heavy atom. The molecule has 1 aliphatic heterocycles. The first-order chi connectivity index (χ1) is 16.1. The van der Waals surface area contributed by atoms with Crippen LogP contribution in [0.1, 0.15) is 16.9 Å². The fraction of sp³-hybridized carbons (Fsp3) is 0.125. The van der Waals surface area contributed by atoms with E-state index in [0.29, 0.717) is 27.3 Å². The smallest absolute Gasteiger partial charge is 0.267 e. The van der Waals surface area contributed by atoms with E-state index in [2.05, 4.69) is 26.1 Å². The first-order valence-electron chi connectivity index (χ1n) is 9.90. The Labute approximate surface area is 203 Å². The molecule has 1 aromatic heterocycles. The lowest BCUT2D eigenvalue weighted by atomic mass is 10.2. The molecule has 0 aliphatic carbocycles. The molecule has 1 fully saturated rings. The third-order valence-electron chi connectivity index (χ3n) is 4.69. The van der Waals surface area contributed by atoms with Gasteiger partial charge in [0.05, 0.1) is 38.1 Å². The molecule has 3 aromatic rings. The van der Waals surface area contributed by atoms with E-state index in [-0.39, 0.29) is 12.5 Å². The molecule has 4 rings (SSSR count). The van der Waals surface area contributed by atoms with E-state index in [0.717, 1.165) is 15.6 Å². The van der Waals surface area contributed by atoms with Crippen molar-refractivity contribution < 1.29 is 18.7 Å². The van der Waals surface area contributed by atoms with E-state index in [4.69, 9.17) is 13.9 Å². The van der Waals surface area contributed by atoms with Crippen molar-refractivity contribution in [1.82, 2.24) is 4.90 Å². The van der Waals surface area contributed by atoms with E-state index in [1.165, 1.54) is 11.8 Å². The third kappa shape index (κ3) is 5.55. The molecule has 7 nitrogen and oxygen atoms in total. The number of carbonyl (C=O) groups excluding carboxylic acids is 1. The molecule has 1 amide bonds. The van der Waals surface area contributed by atoms with Crippen LogP contribution in [0.4, 0.5) is 0 Å². The van der Waals surface area contributed by atoms with E-state index < -0.39 is 0 Å². The summed E-state index contributed by atoms with van der Waals surface area (Å²) in [7, 11) is 3.15. The van der Waals surface area contributed by atoms with Crippen molar-refractivity contribution in [2.45, 2.75) is 6.54 Å². The lowest BCUT2D eigenvalue weighted by Gasteiger charge is -2.12. The predicted molar refractivity (Wildman–Crippen MR) is 134 cm³/mol. The Bertz CT molecular complexity index is 1240. The zero-order valence-electron chi connectivity index (χ0n) is 17.9. The standard InChI is InChI=1S/C24H20BrN3O4S/c1-30-20-9-8-16(12-21(20)31-2)13-22-23(29)28(15-19-7-4-10-32-19)24(33-22)27-26-14-17-5-3-6-18(25)11-17/h3-14H,15H2,1-2H3/b22-13-,26-14+,27-24-. The summed E-state index contributed by atoms with van der Waals surface area (Å²) in [5.74, 6) is 1.68. The SMILES string of the molecule is COc1ccc(/C=C2\S/C(=N\N=C\c3cccc(Br)c3)N(Cc3ccco3)C2=O)cc1OC. The van der Waals surface area contributed by atoms with Gasteiger partial charge in [-0.05, 0) is 65.4 Å². The summed E-state index contributed by atoms with van der Waals surface area (Å²) in [5, 5.41) is 9.00. The minimum Gasteiger partial charge on any atom is -0.493 e. The van der Waals surface area contributed by atoms with E-state index in [9.17, 15) is 4.79 Å². The molecule has 0 N–H and O–H groups in total. The van der Waals surface area contributed by atoms with Gasteiger partial charge in [0.25, 0.3) is 5.91 Å². The Kier molecular flexibility index (Phi) is 7.31. The highest BCUT2D eigenvalue weighted by atomic mass is 79.9. The van der Waals surface area contributed by atoms with Crippen LogP contribution in [-0.4, -0.2) is 36.4 Å². The molecular weight excluding hydrogens is 506 g/mol. The molecule has 168 valence electrons. The van der Waals surface area contributed by atoms with Gasteiger partial charge in [-0.25, -0.2) is 0 Å². The van der Waals surface area contributed by atoms with Crippen LogP contribution in [0.25, 0.3) is 6.08 Å². The van der Waals surface area contributed by atoms with Crippen molar-refractivity contribution in [3.8, 4) is 11.5 Å². The first-order valence-corrected chi connectivity index (χ1v) is 11.5. The van der Waals surface area contributed by atoms with Crippen LogP contribution in [-0.2, 0) is 11.3 Å². The zero-order valence-corrected chi connectivity index (χ0v) is 20.3. The number of hydrogen-bond acceptors (Lipinski definition) is 7. The zero-order chi connectivity index (χ0) is 23.2. The van der Waals surface area contributed by atoms with Crippen molar-refractivity contribution >= 4 is 51.1 Å². The molecule has 0 unspecified atom stereocenters. The molecule has 0 bridgehead atoms. The lowest BCUT2D eigenvalue weighted by molar-refractivity contribution is -0.122. The topological polar surface area (TPSA) is 76.6 Å². The van der Waals surface area contributed by atoms with Gasteiger partial charge in [0, 0.05) is 4.47 Å². The van der Waals surface area contributed by atoms with Gasteiger partial charge in [-0.15, -0.1) is 5.10 Å². The summed E-state index contributed by atoms with van der Waals surface area (Å²) in [4.78, 5) is 15.3. The van der Waals surface area contributed by atoms with Crippen molar-refractivity contribution in [2.24, 2.45) is 10.2 Å². The van der Waals surface area contributed by atoms with Crippen LogP contribution < -0.4 is 9.47 Å². The number of nitrogens with zero attached hydrogens (tertiary/aromatic N) is 3. The van der Waals surface area contributed by atoms with Gasteiger partial charge >= 0.3 is 0 Å². The van der Waals surface area contributed by atoms with E-state index >= 15 is 0 Å². The van der Waals surface area contributed by atoms with Crippen LogP contribution in [0, 0.1) is 0 Å². The Morgan fingerprint density at radius 3 is 2.64 bits per heavy atom. The maximum Gasteiger partial charge on any atom is 0.267 e. The predicted octanol–water partition coefficient (Wildman–Crippen LogP) is 5.57. The van der Waals surface area contributed by atoms with Gasteiger partial charge in [0.2, 0.25) is 0 Å². The summed E-state index contributed by atoms with van der Waals surface area (Å²) in [5.41, 5.74) is 1.70. The lowest BCUT2D eigenvalue weighted by Crippen LogP contribution is -2.28. The fourth-order valence-corrected chi connectivity index (χ4v) is 4.46. The summed E-state index contributed by atoms with van der Waals surface area (Å²) < 4.78 is 17.0. The molecule has 33 heavy (non-hydrogen) atoms. The monoisotopic (exact) mass is 525 g/mol. The largest absolute Gasteiger partial charge is 0.493 e. The number of furan rings is 1. The molecule has 1 saturated heterocycles. The highest BCUT2D eigenvalue weighted by molar-refractivity contribution is 9.10. The number of amides is 1. The molecule has 9 heteroatoms. The Hall–Kier alpha value is -3.30. The highest BCUT2D eigenvalue weighted by Crippen LogP contribution is 2.35. The second-order valence-corrected chi connectivity index (χ2v) is 8.80. The van der Waals surface area contributed by atoms with Crippen LogP contribution in [0.3, 0.4) is 0 Å². The molecule has 1 aliphatic rings. The van der Waals surface area contributed by atoms with Gasteiger partial charge in [0.1, 0.15) is 5.76 Å². The Morgan fingerprint density at radius 1 is 1.06 bits per heavy atom. The molecule has 0 spiro atoms. The van der Waals surface area contributed by atoms with E-state index in [1.54, 1.807) is 49.8 Å². The number of hydrogen-bond donors (Lipinski definition) is 0. The number of thioether (sulfide) groups is 1. The van der Waals surface area contributed by atoms with Crippen LogP contribution in [0.15, 0.2) is 84.9 Å². The second kappa shape index (κ2) is 10.5. The van der Waals surface area contributed by atoms with Crippen LogP contribution >= 0.6 is 27.7 Å². The van der Waals surface area contributed by atoms with Crippen LogP contribution in [0.2, 0.25) is 0 Å². The number of carbonyl (C=O) groups is 1. The van der Waals surface area contributed by atoms with E-state index in [1.807, 2.05) is 42.5 Å². The summed E-state index contributed by atoms with van der Waals surface area (Å²) >= 11 is 4.70. The molecule has 0 atom stereocenters. The van der Waals surface area contributed by atoms with Crippen LogP contribution in [0.5, 0.6) is 11.5 Å². The average Bonchev–Trinajstić information content (AvgIpc) is 3.43. The second-order valence-electron chi connectivity index (χ2n) is 6.88. The minimum atomic E-state index is -0.178. The summed E-state index contributed by atoms with van der Waals surface area (Å²) in [6.45, 7) is 0.257. The number of benzene rings is 2. The number of rotatable bonds is 7. The quantitative estimate of drug-likeness (QED) is 0.229. The van der Waals surface area contributed by atoms with Crippen molar-refractivity contribution in [1.29, 1.82) is 0 Å². The number of amidine groups is 1. The molecule has 0 radical (unpaired) electrons. The minimum absolute atomic E-state index is 0.178. The third-order valence-corrected chi connectivity index (χ3v) is 6.18. The molecular formula is C24H20BrN3O4S. The first kappa shape index (κ1) is 22.9. The van der Waals surface area contributed by atoms with Crippen molar-refractivity contribution in [3.05, 3.63) is 87.1 Å². The average molecular weight is 526 g/mol. The molecule has 2 heterocycles. The maximum atomic E-state index is 13.2. The van der Waals surface area contributed by atoms with Gasteiger partial charge in [-0.2, -0.15) is 5.10 Å². The molecule has 0 saturated carbocycles. The Balaban J connectivity index is 1.63.